The maximum absolute atomic E-state index is 6.01. The van der Waals surface area contributed by atoms with Crippen molar-refractivity contribution >= 4 is 22.9 Å². The molecule has 0 amide bonds. The average Bonchev–Trinajstić information content (AvgIpc) is 2.81. The number of nitrogens with zero attached hydrogens (tertiary/aromatic N) is 1. The molecule has 1 heterocycles. The first-order valence-corrected chi connectivity index (χ1v) is 7.57. The number of hydrogen-bond donors (Lipinski definition) is 1. The highest BCUT2D eigenvalue weighted by Crippen LogP contribution is 2.29. The SMILES string of the molecule is COCCN(C(C)COC)C(CN)c1cc(Cl)cs1. The van der Waals surface area contributed by atoms with Gasteiger partial charge in [-0.05, 0) is 13.0 Å². The van der Waals surface area contributed by atoms with E-state index in [4.69, 9.17) is 26.8 Å². The predicted molar refractivity (Wildman–Crippen MR) is 81.0 cm³/mol. The zero-order valence-electron chi connectivity index (χ0n) is 11.8. The molecule has 0 radical (unpaired) electrons. The molecule has 2 unspecified atom stereocenters. The Bertz CT molecular complexity index is 362. The van der Waals surface area contributed by atoms with Gasteiger partial charge >= 0.3 is 0 Å². The van der Waals surface area contributed by atoms with Crippen LogP contribution in [0, 0.1) is 0 Å². The Morgan fingerprint density at radius 3 is 2.63 bits per heavy atom. The molecule has 1 rings (SSSR count). The van der Waals surface area contributed by atoms with Gasteiger partial charge in [0.25, 0.3) is 0 Å². The van der Waals surface area contributed by atoms with Crippen LogP contribution in [0.5, 0.6) is 0 Å². The summed E-state index contributed by atoms with van der Waals surface area (Å²) in [6.07, 6.45) is 0. The molecule has 0 fully saturated rings. The molecule has 1 aromatic heterocycles. The molecule has 0 saturated heterocycles. The molecule has 110 valence electrons. The fourth-order valence-corrected chi connectivity index (χ4v) is 3.35. The van der Waals surface area contributed by atoms with Crippen LogP contribution in [0.25, 0.3) is 0 Å². The Labute approximate surface area is 124 Å². The molecule has 0 aliphatic carbocycles. The van der Waals surface area contributed by atoms with Gasteiger partial charge in [-0.25, -0.2) is 0 Å². The van der Waals surface area contributed by atoms with Gasteiger partial charge in [-0.2, -0.15) is 0 Å². The number of ether oxygens (including phenoxy) is 2. The third-order valence-corrected chi connectivity index (χ3v) is 4.45. The Hall–Kier alpha value is -0.170. The molecule has 4 nitrogen and oxygen atoms in total. The number of nitrogens with two attached hydrogens (primary N) is 1. The van der Waals surface area contributed by atoms with E-state index in [2.05, 4.69) is 11.8 Å². The minimum atomic E-state index is 0.151. The van der Waals surface area contributed by atoms with Crippen molar-refractivity contribution in [2.45, 2.75) is 19.0 Å². The average molecular weight is 307 g/mol. The summed E-state index contributed by atoms with van der Waals surface area (Å²) in [5.74, 6) is 0. The summed E-state index contributed by atoms with van der Waals surface area (Å²) in [6, 6.07) is 2.41. The van der Waals surface area contributed by atoms with Gasteiger partial charge in [-0.15, -0.1) is 11.3 Å². The zero-order chi connectivity index (χ0) is 14.3. The monoisotopic (exact) mass is 306 g/mol. The topological polar surface area (TPSA) is 47.7 Å². The molecule has 2 atom stereocenters. The molecule has 0 saturated carbocycles. The molecular formula is C13H23ClN2O2S. The van der Waals surface area contributed by atoms with E-state index in [-0.39, 0.29) is 12.1 Å². The second kappa shape index (κ2) is 8.89. The largest absolute Gasteiger partial charge is 0.383 e. The van der Waals surface area contributed by atoms with Gasteiger partial charge < -0.3 is 15.2 Å². The van der Waals surface area contributed by atoms with Crippen molar-refractivity contribution in [2.75, 3.05) is 40.5 Å². The number of halogens is 1. The normalized spacial score (nSPS) is 14.8. The Morgan fingerprint density at radius 1 is 1.42 bits per heavy atom. The van der Waals surface area contributed by atoms with Crippen LogP contribution in [0.1, 0.15) is 17.8 Å². The minimum absolute atomic E-state index is 0.151. The number of methoxy groups -OCH3 is 2. The summed E-state index contributed by atoms with van der Waals surface area (Å²) in [6.45, 7) is 4.84. The first-order chi connectivity index (χ1) is 9.13. The lowest BCUT2D eigenvalue weighted by molar-refractivity contribution is 0.0496. The van der Waals surface area contributed by atoms with E-state index in [0.29, 0.717) is 19.8 Å². The van der Waals surface area contributed by atoms with E-state index >= 15 is 0 Å². The highest BCUT2D eigenvalue weighted by molar-refractivity contribution is 7.10. The van der Waals surface area contributed by atoms with Gasteiger partial charge in [0, 0.05) is 43.6 Å². The van der Waals surface area contributed by atoms with E-state index in [1.807, 2.05) is 11.4 Å². The highest BCUT2D eigenvalue weighted by Gasteiger charge is 2.25. The third kappa shape index (κ3) is 5.02. The van der Waals surface area contributed by atoms with Crippen molar-refractivity contribution in [3.63, 3.8) is 0 Å². The summed E-state index contributed by atoms with van der Waals surface area (Å²) in [7, 11) is 3.42. The maximum Gasteiger partial charge on any atom is 0.0615 e. The first-order valence-electron chi connectivity index (χ1n) is 6.31. The van der Waals surface area contributed by atoms with Crippen molar-refractivity contribution in [1.29, 1.82) is 0 Å². The summed E-state index contributed by atoms with van der Waals surface area (Å²) in [5.41, 5.74) is 5.96. The van der Waals surface area contributed by atoms with Crippen molar-refractivity contribution < 1.29 is 9.47 Å². The number of rotatable bonds is 9. The number of thiophene rings is 1. The van der Waals surface area contributed by atoms with Crippen LogP contribution >= 0.6 is 22.9 Å². The van der Waals surface area contributed by atoms with Crippen LogP contribution in [-0.4, -0.2) is 51.5 Å². The molecule has 1 aromatic rings. The van der Waals surface area contributed by atoms with Gasteiger partial charge in [0.1, 0.15) is 0 Å². The summed E-state index contributed by atoms with van der Waals surface area (Å²) >= 11 is 7.66. The Morgan fingerprint density at radius 2 is 2.16 bits per heavy atom. The molecule has 6 heteroatoms. The van der Waals surface area contributed by atoms with Crippen molar-refractivity contribution in [1.82, 2.24) is 4.90 Å². The van der Waals surface area contributed by atoms with Crippen LogP contribution < -0.4 is 5.73 Å². The van der Waals surface area contributed by atoms with Gasteiger partial charge in [0.15, 0.2) is 0 Å². The van der Waals surface area contributed by atoms with Crippen LogP contribution in [0.15, 0.2) is 11.4 Å². The van der Waals surface area contributed by atoms with E-state index < -0.39 is 0 Å². The quantitative estimate of drug-likeness (QED) is 0.761. The van der Waals surface area contributed by atoms with Crippen molar-refractivity contribution in [3.8, 4) is 0 Å². The standard InChI is InChI=1S/C13H23ClN2O2S/c1-10(8-18-3)16(4-5-17-2)12(7-15)13-6-11(14)9-19-13/h6,9-10,12H,4-5,7-8,15H2,1-3H3. The third-order valence-electron chi connectivity index (χ3n) is 3.07. The second-order valence-electron chi connectivity index (χ2n) is 4.45. The fourth-order valence-electron chi connectivity index (χ4n) is 2.14. The lowest BCUT2D eigenvalue weighted by atomic mass is 10.1. The first kappa shape index (κ1) is 16.9. The Kier molecular flexibility index (Phi) is 7.90. The molecule has 0 aliphatic heterocycles. The fraction of sp³-hybridized carbons (Fsp3) is 0.692. The smallest absolute Gasteiger partial charge is 0.0615 e. The van der Waals surface area contributed by atoms with Crippen LogP contribution in [0.2, 0.25) is 5.02 Å². The van der Waals surface area contributed by atoms with Crippen LogP contribution in [-0.2, 0) is 9.47 Å². The second-order valence-corrected chi connectivity index (χ2v) is 5.83. The minimum Gasteiger partial charge on any atom is -0.383 e. The van der Waals surface area contributed by atoms with Crippen molar-refractivity contribution in [3.05, 3.63) is 21.3 Å². The van der Waals surface area contributed by atoms with Gasteiger partial charge in [-0.3, -0.25) is 4.90 Å². The molecule has 0 aromatic carbocycles. The molecule has 19 heavy (non-hydrogen) atoms. The van der Waals surface area contributed by atoms with E-state index in [1.165, 1.54) is 4.88 Å². The highest BCUT2D eigenvalue weighted by atomic mass is 35.5. The van der Waals surface area contributed by atoms with Gasteiger partial charge in [0.2, 0.25) is 0 Å². The lowest BCUT2D eigenvalue weighted by Crippen LogP contribution is -2.43. The predicted octanol–water partition coefficient (Wildman–Crippen LogP) is 2.38. The lowest BCUT2D eigenvalue weighted by Gasteiger charge is -2.35. The number of hydrogen-bond acceptors (Lipinski definition) is 5. The van der Waals surface area contributed by atoms with Gasteiger partial charge in [-0.1, -0.05) is 11.6 Å². The molecule has 2 N–H and O–H groups in total. The Balaban J connectivity index is 2.85. The van der Waals surface area contributed by atoms with Crippen LogP contribution in [0.3, 0.4) is 0 Å². The maximum atomic E-state index is 6.01. The van der Waals surface area contributed by atoms with Crippen LogP contribution in [0.4, 0.5) is 0 Å². The van der Waals surface area contributed by atoms with E-state index in [9.17, 15) is 0 Å². The van der Waals surface area contributed by atoms with Crippen molar-refractivity contribution in [2.24, 2.45) is 5.73 Å². The van der Waals surface area contributed by atoms with Gasteiger partial charge in [0.05, 0.1) is 24.3 Å². The molecular weight excluding hydrogens is 284 g/mol. The zero-order valence-corrected chi connectivity index (χ0v) is 13.3. The molecule has 0 bridgehead atoms. The molecule has 0 spiro atoms. The van der Waals surface area contributed by atoms with E-state index in [1.54, 1.807) is 25.6 Å². The van der Waals surface area contributed by atoms with E-state index in [0.717, 1.165) is 11.6 Å². The molecule has 0 aliphatic rings. The summed E-state index contributed by atoms with van der Waals surface area (Å²) in [5, 5.41) is 2.71. The summed E-state index contributed by atoms with van der Waals surface area (Å²) in [4.78, 5) is 3.50. The summed E-state index contributed by atoms with van der Waals surface area (Å²) < 4.78 is 10.4.